The summed E-state index contributed by atoms with van der Waals surface area (Å²) < 4.78 is 22.6. The zero-order valence-corrected chi connectivity index (χ0v) is 11.5. The Balaban J connectivity index is 2.22. The average Bonchev–Trinajstić information content (AvgIpc) is 2.84. The number of amides is 1. The van der Waals surface area contributed by atoms with Crippen LogP contribution in [-0.2, 0) is 14.8 Å². The molecule has 1 aliphatic heterocycles. The average molecular weight is 283 g/mol. The van der Waals surface area contributed by atoms with Gasteiger partial charge in [0.05, 0.1) is 10.9 Å². The molecule has 0 aromatic heterocycles. The predicted octanol–water partition coefficient (Wildman–Crippen LogP) is 0.333. The van der Waals surface area contributed by atoms with Crippen molar-refractivity contribution in [3.63, 3.8) is 0 Å². The molecular formula is C12H17N3O3S. The second kappa shape index (κ2) is 5.28. The number of hydrogen-bond donors (Lipinski definition) is 3. The van der Waals surface area contributed by atoms with E-state index in [1.54, 1.807) is 13.0 Å². The first-order valence-corrected chi connectivity index (χ1v) is 7.60. The summed E-state index contributed by atoms with van der Waals surface area (Å²) in [5.41, 5.74) is 1.27. The number of nitrogens with two attached hydrogens (primary N) is 1. The Labute approximate surface area is 112 Å². The lowest BCUT2D eigenvalue weighted by atomic mass is 10.1. The van der Waals surface area contributed by atoms with Crippen LogP contribution in [-0.4, -0.2) is 26.9 Å². The first-order chi connectivity index (χ1) is 8.88. The summed E-state index contributed by atoms with van der Waals surface area (Å²) in [5.74, 6) is -0.146. The molecule has 104 valence electrons. The number of sulfonamides is 1. The molecule has 7 heteroatoms. The highest BCUT2D eigenvalue weighted by Gasteiger charge is 2.22. The van der Waals surface area contributed by atoms with Gasteiger partial charge >= 0.3 is 0 Å². The molecule has 2 rings (SSSR count). The van der Waals surface area contributed by atoms with Crippen molar-refractivity contribution in [3.8, 4) is 0 Å². The van der Waals surface area contributed by atoms with Gasteiger partial charge in [0.25, 0.3) is 0 Å². The first kappa shape index (κ1) is 14.0. The molecular weight excluding hydrogens is 266 g/mol. The topological polar surface area (TPSA) is 101 Å². The van der Waals surface area contributed by atoms with E-state index in [1.165, 1.54) is 12.1 Å². The molecule has 0 saturated carbocycles. The summed E-state index contributed by atoms with van der Waals surface area (Å²) in [7, 11) is -3.76. The summed E-state index contributed by atoms with van der Waals surface area (Å²) in [4.78, 5) is 12.0. The number of aryl methyl sites for hydroxylation is 1. The van der Waals surface area contributed by atoms with E-state index in [2.05, 4.69) is 10.6 Å². The lowest BCUT2D eigenvalue weighted by Gasteiger charge is -2.13. The maximum atomic E-state index is 12.0. The van der Waals surface area contributed by atoms with Crippen LogP contribution in [0.5, 0.6) is 0 Å². The van der Waals surface area contributed by atoms with E-state index in [0.29, 0.717) is 5.69 Å². The largest absolute Gasteiger partial charge is 0.324 e. The number of hydrogen-bond acceptors (Lipinski definition) is 4. The summed E-state index contributed by atoms with van der Waals surface area (Å²) in [6, 6.07) is 4.22. The second-order valence-electron chi connectivity index (χ2n) is 4.66. The molecule has 1 unspecified atom stereocenters. The molecule has 1 amide bonds. The molecule has 1 atom stereocenters. The lowest BCUT2D eigenvalue weighted by molar-refractivity contribution is -0.117. The highest BCUT2D eigenvalue weighted by Crippen LogP contribution is 2.20. The molecule has 1 aromatic rings. The fourth-order valence-electron chi connectivity index (χ4n) is 2.04. The molecule has 1 aromatic carbocycles. The van der Waals surface area contributed by atoms with E-state index in [-0.39, 0.29) is 16.8 Å². The van der Waals surface area contributed by atoms with Crippen LogP contribution in [0.4, 0.5) is 5.69 Å². The molecule has 1 fully saturated rings. The molecule has 0 spiro atoms. The zero-order valence-electron chi connectivity index (χ0n) is 10.6. The summed E-state index contributed by atoms with van der Waals surface area (Å²) in [6.45, 7) is 2.62. The van der Waals surface area contributed by atoms with Crippen LogP contribution in [0.2, 0.25) is 0 Å². The maximum absolute atomic E-state index is 12.0. The molecule has 1 saturated heterocycles. The number of rotatable bonds is 3. The number of carbonyl (C=O) groups is 1. The van der Waals surface area contributed by atoms with Gasteiger partial charge in [0.1, 0.15) is 0 Å². The van der Waals surface area contributed by atoms with Crippen molar-refractivity contribution < 1.29 is 13.2 Å². The minimum atomic E-state index is -3.76. The number of nitrogens with one attached hydrogen (secondary N) is 2. The van der Waals surface area contributed by atoms with Crippen LogP contribution in [0.3, 0.4) is 0 Å². The third-order valence-electron chi connectivity index (χ3n) is 3.17. The van der Waals surface area contributed by atoms with Gasteiger partial charge in [-0.25, -0.2) is 13.6 Å². The van der Waals surface area contributed by atoms with Gasteiger partial charge < -0.3 is 10.6 Å². The van der Waals surface area contributed by atoms with E-state index >= 15 is 0 Å². The van der Waals surface area contributed by atoms with Gasteiger partial charge in [-0.15, -0.1) is 0 Å². The van der Waals surface area contributed by atoms with E-state index in [4.69, 9.17) is 5.14 Å². The monoisotopic (exact) mass is 283 g/mol. The molecule has 19 heavy (non-hydrogen) atoms. The van der Waals surface area contributed by atoms with Crippen molar-refractivity contribution >= 4 is 21.6 Å². The Hall–Kier alpha value is -1.44. The fourth-order valence-corrected chi connectivity index (χ4v) is 2.58. The van der Waals surface area contributed by atoms with Crippen LogP contribution in [0.25, 0.3) is 0 Å². The van der Waals surface area contributed by atoms with E-state index in [9.17, 15) is 13.2 Å². The highest BCUT2D eigenvalue weighted by molar-refractivity contribution is 7.89. The normalized spacial score (nSPS) is 19.4. The SMILES string of the molecule is Cc1ccc(S(N)(=O)=O)cc1NC(=O)C1CCCN1. The van der Waals surface area contributed by atoms with Gasteiger partial charge in [-0.1, -0.05) is 6.07 Å². The van der Waals surface area contributed by atoms with E-state index in [1.807, 2.05) is 0 Å². The Kier molecular flexibility index (Phi) is 3.88. The highest BCUT2D eigenvalue weighted by atomic mass is 32.2. The van der Waals surface area contributed by atoms with Crippen molar-refractivity contribution in [2.75, 3.05) is 11.9 Å². The first-order valence-electron chi connectivity index (χ1n) is 6.05. The molecule has 6 nitrogen and oxygen atoms in total. The van der Waals surface area contributed by atoms with Crippen molar-refractivity contribution in [1.82, 2.24) is 5.32 Å². The smallest absolute Gasteiger partial charge is 0.241 e. The van der Waals surface area contributed by atoms with Crippen molar-refractivity contribution in [2.45, 2.75) is 30.7 Å². The Bertz CT molecular complexity index is 592. The Morgan fingerprint density at radius 3 is 2.79 bits per heavy atom. The van der Waals surface area contributed by atoms with Crippen LogP contribution in [0, 0.1) is 6.92 Å². The van der Waals surface area contributed by atoms with Crippen LogP contribution < -0.4 is 15.8 Å². The van der Waals surface area contributed by atoms with Gasteiger partial charge in [0, 0.05) is 5.69 Å². The number of carbonyl (C=O) groups excluding carboxylic acids is 1. The Morgan fingerprint density at radius 1 is 1.47 bits per heavy atom. The molecule has 4 N–H and O–H groups in total. The van der Waals surface area contributed by atoms with Crippen molar-refractivity contribution in [1.29, 1.82) is 0 Å². The van der Waals surface area contributed by atoms with Gasteiger partial charge in [-0.05, 0) is 44.0 Å². The summed E-state index contributed by atoms with van der Waals surface area (Å²) >= 11 is 0. The van der Waals surface area contributed by atoms with Gasteiger partial charge in [0.2, 0.25) is 15.9 Å². The van der Waals surface area contributed by atoms with Gasteiger partial charge in [-0.3, -0.25) is 4.79 Å². The summed E-state index contributed by atoms with van der Waals surface area (Å²) in [5, 5.41) is 10.9. The quantitative estimate of drug-likeness (QED) is 0.744. The third kappa shape index (κ3) is 3.31. The van der Waals surface area contributed by atoms with Crippen LogP contribution >= 0.6 is 0 Å². The third-order valence-corrected chi connectivity index (χ3v) is 4.08. The Morgan fingerprint density at radius 2 is 2.21 bits per heavy atom. The number of primary sulfonamides is 1. The fraction of sp³-hybridized carbons (Fsp3) is 0.417. The van der Waals surface area contributed by atoms with Crippen molar-refractivity contribution in [3.05, 3.63) is 23.8 Å². The van der Waals surface area contributed by atoms with E-state index in [0.717, 1.165) is 24.9 Å². The zero-order chi connectivity index (χ0) is 14.0. The molecule has 1 heterocycles. The maximum Gasteiger partial charge on any atom is 0.241 e. The van der Waals surface area contributed by atoms with Gasteiger partial charge in [0.15, 0.2) is 0 Å². The molecule has 0 radical (unpaired) electrons. The second-order valence-corrected chi connectivity index (χ2v) is 6.22. The standard InChI is InChI=1S/C12H17N3O3S/c1-8-4-5-9(19(13,17)18)7-11(8)15-12(16)10-3-2-6-14-10/h4-5,7,10,14H,2-3,6H2,1H3,(H,15,16)(H2,13,17,18). The number of anilines is 1. The minimum absolute atomic E-state index is 0.00668. The molecule has 0 bridgehead atoms. The van der Waals surface area contributed by atoms with E-state index < -0.39 is 10.0 Å². The van der Waals surface area contributed by atoms with Crippen molar-refractivity contribution in [2.24, 2.45) is 5.14 Å². The van der Waals surface area contributed by atoms with Gasteiger partial charge in [-0.2, -0.15) is 0 Å². The lowest BCUT2D eigenvalue weighted by Crippen LogP contribution is -2.35. The number of benzene rings is 1. The van der Waals surface area contributed by atoms with Crippen LogP contribution in [0.15, 0.2) is 23.1 Å². The summed E-state index contributed by atoms with van der Waals surface area (Å²) in [6.07, 6.45) is 1.76. The van der Waals surface area contributed by atoms with Crippen LogP contribution in [0.1, 0.15) is 18.4 Å². The predicted molar refractivity (Wildman–Crippen MR) is 72.2 cm³/mol. The molecule has 1 aliphatic rings. The minimum Gasteiger partial charge on any atom is -0.324 e. The molecule has 0 aliphatic carbocycles.